The van der Waals surface area contributed by atoms with Gasteiger partial charge >= 0.3 is 0 Å². The molecule has 2 aromatic heterocycles. The summed E-state index contributed by atoms with van der Waals surface area (Å²) in [6.07, 6.45) is 8.00. The molecule has 0 radical (unpaired) electrons. The Balaban J connectivity index is 1.41. The number of rotatable bonds is 4. The van der Waals surface area contributed by atoms with E-state index in [0.717, 1.165) is 40.6 Å². The molecule has 28 heavy (non-hydrogen) atoms. The van der Waals surface area contributed by atoms with Crippen molar-refractivity contribution in [3.8, 4) is 0 Å². The van der Waals surface area contributed by atoms with Gasteiger partial charge in [0, 0.05) is 41.8 Å². The number of imidazole rings is 1. The number of hydrogen-bond donors (Lipinski definition) is 1. The van der Waals surface area contributed by atoms with E-state index in [2.05, 4.69) is 19.7 Å². The molecule has 3 heterocycles. The molecule has 3 aromatic rings. The van der Waals surface area contributed by atoms with Crippen molar-refractivity contribution in [2.45, 2.75) is 57.1 Å². The number of hydrogen-bond acceptors (Lipinski definition) is 5. The summed E-state index contributed by atoms with van der Waals surface area (Å²) in [5.74, 6) is 0.511. The monoisotopic (exact) mass is 398 g/mol. The van der Waals surface area contributed by atoms with E-state index < -0.39 is 5.79 Å². The Bertz CT molecular complexity index is 1020. The highest BCUT2D eigenvalue weighted by molar-refractivity contribution is 6.30. The van der Waals surface area contributed by atoms with Gasteiger partial charge in [-0.2, -0.15) is 0 Å². The van der Waals surface area contributed by atoms with Gasteiger partial charge in [-0.15, -0.1) is 0 Å². The van der Waals surface area contributed by atoms with Crippen LogP contribution in [0.4, 0.5) is 5.82 Å². The Hall–Kier alpha value is -2.15. The van der Waals surface area contributed by atoms with Crippen LogP contribution in [0.5, 0.6) is 0 Å². The Labute approximate surface area is 168 Å². The van der Waals surface area contributed by atoms with Gasteiger partial charge < -0.3 is 14.8 Å². The predicted octanol–water partition coefficient (Wildman–Crippen LogP) is 4.39. The van der Waals surface area contributed by atoms with Crippen molar-refractivity contribution in [3.05, 3.63) is 59.1 Å². The van der Waals surface area contributed by atoms with Crippen LogP contribution >= 0.6 is 11.6 Å². The van der Waals surface area contributed by atoms with Gasteiger partial charge in [0.25, 0.3) is 0 Å². The molecule has 0 unspecified atom stereocenters. The van der Waals surface area contributed by atoms with E-state index in [0.29, 0.717) is 6.54 Å². The first kappa shape index (κ1) is 17.9. The van der Waals surface area contributed by atoms with Crippen molar-refractivity contribution >= 4 is 23.1 Å². The number of halogens is 1. The van der Waals surface area contributed by atoms with E-state index in [1.54, 1.807) is 6.20 Å². The number of benzene rings is 1. The second kappa shape index (κ2) is 6.72. The molecule has 3 atom stereocenters. The highest BCUT2D eigenvalue weighted by atomic mass is 35.5. The zero-order valence-corrected chi connectivity index (χ0v) is 16.7. The van der Waals surface area contributed by atoms with Gasteiger partial charge in [-0.25, -0.2) is 9.97 Å². The van der Waals surface area contributed by atoms with Gasteiger partial charge in [-0.3, -0.25) is 4.40 Å². The molecule has 6 nitrogen and oxygen atoms in total. The zero-order valence-electron chi connectivity index (χ0n) is 15.9. The summed E-state index contributed by atoms with van der Waals surface area (Å²) < 4.78 is 14.4. The maximum Gasteiger partial charge on any atom is 0.180 e. The highest BCUT2D eigenvalue weighted by Gasteiger charge is 2.50. The van der Waals surface area contributed by atoms with Crippen molar-refractivity contribution in [1.29, 1.82) is 0 Å². The molecular formula is C21H23ClN4O2. The Morgan fingerprint density at radius 1 is 1.25 bits per heavy atom. The largest absolute Gasteiger partial charge is 0.363 e. The van der Waals surface area contributed by atoms with Gasteiger partial charge in [0.15, 0.2) is 17.3 Å². The smallest absolute Gasteiger partial charge is 0.180 e. The number of fused-ring (bicyclic) bond motifs is 2. The summed E-state index contributed by atoms with van der Waals surface area (Å²) >= 11 is 6.08. The lowest BCUT2D eigenvalue weighted by Gasteiger charge is -2.21. The summed E-state index contributed by atoms with van der Waals surface area (Å²) in [4.78, 5) is 9.15. The van der Waals surface area contributed by atoms with Gasteiger partial charge in [-0.05, 0) is 44.4 Å². The molecule has 0 amide bonds. The molecule has 1 saturated heterocycles. The fourth-order valence-corrected chi connectivity index (χ4v) is 4.63. The number of nitrogens with zero attached hydrogens (tertiary/aromatic N) is 3. The highest BCUT2D eigenvalue weighted by Crippen LogP contribution is 2.46. The summed E-state index contributed by atoms with van der Waals surface area (Å²) in [5.41, 5.74) is 3.07. The zero-order chi connectivity index (χ0) is 19.3. The molecule has 146 valence electrons. The number of aromatic nitrogens is 3. The Morgan fingerprint density at radius 3 is 3.00 bits per heavy atom. The van der Waals surface area contributed by atoms with E-state index >= 15 is 0 Å². The van der Waals surface area contributed by atoms with Crippen LogP contribution in [0.3, 0.4) is 0 Å². The second-order valence-corrected chi connectivity index (χ2v) is 8.39. The quantitative estimate of drug-likeness (QED) is 0.706. The molecule has 1 aliphatic carbocycles. The molecule has 2 fully saturated rings. The van der Waals surface area contributed by atoms with Gasteiger partial charge in [0.05, 0.1) is 12.2 Å². The third-order valence-electron chi connectivity index (χ3n) is 5.57. The van der Waals surface area contributed by atoms with Crippen molar-refractivity contribution in [1.82, 2.24) is 14.4 Å². The molecule has 1 aliphatic heterocycles. The lowest BCUT2D eigenvalue weighted by Crippen LogP contribution is -2.25. The molecule has 1 aromatic carbocycles. The van der Waals surface area contributed by atoms with Gasteiger partial charge in [-0.1, -0.05) is 23.7 Å². The van der Waals surface area contributed by atoms with Crippen LogP contribution < -0.4 is 5.32 Å². The number of ether oxygens (including phenoxy) is 2. The van der Waals surface area contributed by atoms with Gasteiger partial charge in [0.2, 0.25) is 0 Å². The van der Waals surface area contributed by atoms with E-state index in [1.807, 2.05) is 50.5 Å². The first-order valence-corrected chi connectivity index (χ1v) is 10.0. The molecule has 1 N–H and O–H groups in total. The maximum absolute atomic E-state index is 6.20. The topological polar surface area (TPSA) is 60.7 Å². The lowest BCUT2D eigenvalue weighted by atomic mass is 10.0. The van der Waals surface area contributed by atoms with Crippen molar-refractivity contribution in [2.24, 2.45) is 0 Å². The Kier molecular flexibility index (Phi) is 4.30. The summed E-state index contributed by atoms with van der Waals surface area (Å²) in [6, 6.07) is 7.80. The summed E-state index contributed by atoms with van der Waals surface area (Å²) in [5, 5.41) is 4.11. The van der Waals surface area contributed by atoms with Gasteiger partial charge in [0.1, 0.15) is 0 Å². The van der Waals surface area contributed by atoms with Crippen molar-refractivity contribution < 1.29 is 9.47 Å². The van der Waals surface area contributed by atoms with E-state index in [4.69, 9.17) is 21.1 Å². The standard InChI is InChI=1S/C21H23ClN4O2/c1-21(2)27-17-7-6-15(18(17)28-21)16-12-25-20-19(23-8-9-26(16)20)24-11-13-4-3-5-14(22)10-13/h3-5,8-10,12,15,17-18H,6-7,11H2,1-2H3,(H,23,24)/t15-,17+,18-/m0/s1. The second-order valence-electron chi connectivity index (χ2n) is 7.96. The lowest BCUT2D eigenvalue weighted by molar-refractivity contribution is -0.153. The van der Waals surface area contributed by atoms with Crippen LogP contribution in [-0.4, -0.2) is 32.4 Å². The average Bonchev–Trinajstić information content (AvgIpc) is 3.31. The first-order valence-electron chi connectivity index (χ1n) is 9.66. The normalized spacial score (nSPS) is 25.9. The third-order valence-corrected chi connectivity index (χ3v) is 5.80. The molecule has 0 spiro atoms. The fourth-order valence-electron chi connectivity index (χ4n) is 4.42. The molecule has 2 aliphatic rings. The van der Waals surface area contributed by atoms with Crippen LogP contribution in [0.1, 0.15) is 43.9 Å². The third kappa shape index (κ3) is 3.15. The van der Waals surface area contributed by atoms with Crippen LogP contribution in [-0.2, 0) is 16.0 Å². The minimum absolute atomic E-state index is 0.0749. The number of anilines is 1. The molecule has 5 rings (SSSR count). The minimum atomic E-state index is -0.514. The van der Waals surface area contributed by atoms with Crippen LogP contribution in [0, 0.1) is 0 Å². The van der Waals surface area contributed by atoms with Crippen LogP contribution in [0.2, 0.25) is 5.02 Å². The maximum atomic E-state index is 6.20. The first-order chi connectivity index (χ1) is 13.5. The molecule has 7 heteroatoms. The predicted molar refractivity (Wildman–Crippen MR) is 108 cm³/mol. The number of nitrogens with one attached hydrogen (secondary N) is 1. The van der Waals surface area contributed by atoms with Crippen LogP contribution in [0.15, 0.2) is 42.9 Å². The van der Waals surface area contributed by atoms with E-state index in [-0.39, 0.29) is 18.1 Å². The Morgan fingerprint density at radius 2 is 2.14 bits per heavy atom. The molecule has 0 bridgehead atoms. The van der Waals surface area contributed by atoms with Crippen LogP contribution in [0.25, 0.3) is 5.65 Å². The minimum Gasteiger partial charge on any atom is -0.363 e. The summed E-state index contributed by atoms with van der Waals surface area (Å²) in [6.45, 7) is 4.60. The SMILES string of the molecule is CC1(C)O[C@@H]2[C@@H](CC[C@H]2c2cnc3c(NCc4cccc(Cl)c4)nccn23)O1. The molecular weight excluding hydrogens is 376 g/mol. The molecule has 1 saturated carbocycles. The fraction of sp³-hybridized carbons (Fsp3) is 0.429. The van der Waals surface area contributed by atoms with E-state index in [1.165, 1.54) is 0 Å². The van der Waals surface area contributed by atoms with Crippen molar-refractivity contribution in [2.75, 3.05) is 5.32 Å². The van der Waals surface area contributed by atoms with Crippen molar-refractivity contribution in [3.63, 3.8) is 0 Å². The average molecular weight is 399 g/mol. The van der Waals surface area contributed by atoms with E-state index in [9.17, 15) is 0 Å². The summed E-state index contributed by atoms with van der Waals surface area (Å²) in [7, 11) is 0.